The van der Waals surface area contributed by atoms with Crippen LogP contribution in [0.4, 0.5) is 5.69 Å². The molecule has 27 heavy (non-hydrogen) atoms. The minimum atomic E-state index is -0.160. The molecule has 140 valence electrons. The van der Waals surface area contributed by atoms with Crippen molar-refractivity contribution in [3.8, 4) is 0 Å². The molecule has 1 aromatic carbocycles. The van der Waals surface area contributed by atoms with Crippen LogP contribution in [-0.2, 0) is 22.4 Å². The van der Waals surface area contributed by atoms with Crippen molar-refractivity contribution in [2.24, 2.45) is 11.8 Å². The first kappa shape index (κ1) is 17.7. The summed E-state index contributed by atoms with van der Waals surface area (Å²) in [5.41, 5.74) is 3.42. The van der Waals surface area contributed by atoms with E-state index in [0.29, 0.717) is 13.0 Å². The molecule has 0 spiro atoms. The zero-order valence-electron chi connectivity index (χ0n) is 15.7. The Labute approximate surface area is 160 Å². The van der Waals surface area contributed by atoms with Crippen molar-refractivity contribution in [3.63, 3.8) is 0 Å². The van der Waals surface area contributed by atoms with E-state index in [9.17, 15) is 9.59 Å². The highest BCUT2D eigenvalue weighted by molar-refractivity contribution is 6.01. The van der Waals surface area contributed by atoms with E-state index in [1.165, 1.54) is 5.56 Å². The fraction of sp³-hybridized carbons (Fsp3) is 0.409. The highest BCUT2D eigenvalue weighted by atomic mass is 16.2. The molecular formula is C22H25N3O2. The molecule has 1 aromatic heterocycles. The molecule has 2 unspecified atom stereocenters. The van der Waals surface area contributed by atoms with Crippen LogP contribution in [0.25, 0.3) is 0 Å². The second-order valence-corrected chi connectivity index (χ2v) is 7.54. The Balaban J connectivity index is 1.35. The fourth-order valence-corrected chi connectivity index (χ4v) is 3.94. The molecule has 4 rings (SSSR count). The van der Waals surface area contributed by atoms with Crippen LogP contribution in [0.15, 0.2) is 48.8 Å². The van der Waals surface area contributed by atoms with Gasteiger partial charge < -0.3 is 9.80 Å². The third kappa shape index (κ3) is 3.72. The van der Waals surface area contributed by atoms with E-state index in [0.717, 1.165) is 37.1 Å². The molecule has 1 fully saturated rings. The third-order valence-corrected chi connectivity index (χ3v) is 5.66. The third-order valence-electron chi connectivity index (χ3n) is 5.66. The van der Waals surface area contributed by atoms with Crippen LogP contribution < -0.4 is 4.90 Å². The van der Waals surface area contributed by atoms with Gasteiger partial charge in [0.2, 0.25) is 11.8 Å². The Bertz CT molecular complexity index is 836. The lowest BCUT2D eigenvalue weighted by molar-refractivity contribution is -0.133. The summed E-state index contributed by atoms with van der Waals surface area (Å²) in [6, 6.07) is 12.1. The topological polar surface area (TPSA) is 53.5 Å². The number of anilines is 1. The van der Waals surface area contributed by atoms with Crippen LogP contribution >= 0.6 is 0 Å². The van der Waals surface area contributed by atoms with Crippen molar-refractivity contribution in [2.45, 2.75) is 25.7 Å². The molecule has 0 radical (unpaired) electrons. The zero-order chi connectivity index (χ0) is 18.8. The van der Waals surface area contributed by atoms with Crippen molar-refractivity contribution in [2.75, 3.05) is 25.0 Å². The SMILES string of the molecule is CN(CCc1ccncc1)C(=O)C1CC1C(=O)N1CCCc2ccccc21. The van der Waals surface area contributed by atoms with Crippen LogP contribution in [0.3, 0.4) is 0 Å². The molecule has 2 heterocycles. The number of pyridine rings is 1. The summed E-state index contributed by atoms with van der Waals surface area (Å²) in [5, 5.41) is 0. The minimum Gasteiger partial charge on any atom is -0.345 e. The quantitative estimate of drug-likeness (QED) is 0.821. The molecule has 1 saturated carbocycles. The van der Waals surface area contributed by atoms with Crippen LogP contribution in [0.1, 0.15) is 24.0 Å². The number of amides is 2. The number of likely N-dealkylation sites (N-methyl/N-ethyl adjacent to an activating group) is 1. The molecule has 1 aliphatic heterocycles. The van der Waals surface area contributed by atoms with Crippen molar-refractivity contribution in [1.82, 2.24) is 9.88 Å². The number of carbonyl (C=O) groups is 2. The molecule has 2 aromatic rings. The van der Waals surface area contributed by atoms with Crippen LogP contribution in [-0.4, -0.2) is 41.8 Å². The molecule has 0 N–H and O–H groups in total. The lowest BCUT2D eigenvalue weighted by Crippen LogP contribution is -2.38. The van der Waals surface area contributed by atoms with E-state index >= 15 is 0 Å². The highest BCUT2D eigenvalue weighted by Gasteiger charge is 2.50. The summed E-state index contributed by atoms with van der Waals surface area (Å²) >= 11 is 0. The Morgan fingerprint density at radius 1 is 1.15 bits per heavy atom. The Hall–Kier alpha value is -2.69. The van der Waals surface area contributed by atoms with E-state index < -0.39 is 0 Å². The van der Waals surface area contributed by atoms with Gasteiger partial charge in [-0.3, -0.25) is 14.6 Å². The van der Waals surface area contributed by atoms with Gasteiger partial charge in [-0.15, -0.1) is 0 Å². The summed E-state index contributed by atoms with van der Waals surface area (Å²) in [5.74, 6) is -0.114. The number of benzene rings is 1. The largest absolute Gasteiger partial charge is 0.345 e. The van der Waals surface area contributed by atoms with Crippen LogP contribution in [0.5, 0.6) is 0 Å². The van der Waals surface area contributed by atoms with Crippen LogP contribution in [0.2, 0.25) is 0 Å². The van der Waals surface area contributed by atoms with E-state index in [4.69, 9.17) is 0 Å². The summed E-state index contributed by atoms with van der Waals surface area (Å²) in [6.07, 6.45) is 7.02. The average Bonchev–Trinajstić information content (AvgIpc) is 3.52. The number of hydrogen-bond acceptors (Lipinski definition) is 3. The maximum absolute atomic E-state index is 13.0. The number of aryl methyl sites for hydroxylation is 1. The highest BCUT2D eigenvalue weighted by Crippen LogP contribution is 2.43. The number of fused-ring (bicyclic) bond motifs is 1. The van der Waals surface area contributed by atoms with E-state index in [1.807, 2.05) is 42.3 Å². The predicted octanol–water partition coefficient (Wildman–Crippen LogP) is 2.70. The van der Waals surface area contributed by atoms with Gasteiger partial charge in [0.05, 0.1) is 11.8 Å². The molecule has 2 aliphatic rings. The first-order valence-corrected chi connectivity index (χ1v) is 9.68. The molecule has 0 saturated heterocycles. The molecule has 2 amide bonds. The number of hydrogen-bond donors (Lipinski definition) is 0. The predicted molar refractivity (Wildman–Crippen MR) is 104 cm³/mol. The van der Waals surface area contributed by atoms with E-state index in [1.54, 1.807) is 17.3 Å². The molecular weight excluding hydrogens is 338 g/mol. The molecule has 2 atom stereocenters. The summed E-state index contributed by atoms with van der Waals surface area (Å²) in [6.45, 7) is 1.41. The van der Waals surface area contributed by atoms with Gasteiger partial charge in [-0.05, 0) is 55.0 Å². The van der Waals surface area contributed by atoms with Gasteiger partial charge in [-0.2, -0.15) is 0 Å². The van der Waals surface area contributed by atoms with Crippen molar-refractivity contribution in [1.29, 1.82) is 0 Å². The number of para-hydroxylation sites is 1. The maximum Gasteiger partial charge on any atom is 0.230 e. The Kier molecular flexibility index (Phi) is 4.92. The van der Waals surface area contributed by atoms with Gasteiger partial charge in [0.25, 0.3) is 0 Å². The molecule has 1 aliphatic carbocycles. The number of aromatic nitrogens is 1. The summed E-state index contributed by atoms with van der Waals surface area (Å²) in [4.78, 5) is 33.4. The van der Waals surface area contributed by atoms with E-state index in [-0.39, 0.29) is 23.7 Å². The average molecular weight is 363 g/mol. The van der Waals surface area contributed by atoms with E-state index in [2.05, 4.69) is 11.1 Å². The Morgan fingerprint density at radius 2 is 1.93 bits per heavy atom. The first-order chi connectivity index (χ1) is 13.1. The fourth-order valence-electron chi connectivity index (χ4n) is 3.94. The van der Waals surface area contributed by atoms with Crippen molar-refractivity contribution < 1.29 is 9.59 Å². The Morgan fingerprint density at radius 3 is 2.74 bits per heavy atom. The number of rotatable bonds is 5. The molecule has 5 nitrogen and oxygen atoms in total. The second-order valence-electron chi connectivity index (χ2n) is 7.54. The van der Waals surface area contributed by atoms with Crippen LogP contribution in [0, 0.1) is 11.8 Å². The summed E-state index contributed by atoms with van der Waals surface area (Å²) < 4.78 is 0. The van der Waals surface area contributed by atoms with Gasteiger partial charge in [0, 0.05) is 38.2 Å². The number of nitrogens with zero attached hydrogens (tertiary/aromatic N) is 3. The standard InChI is InChI=1S/C22H25N3O2/c1-24(14-10-16-8-11-23-12-9-16)21(26)18-15-19(18)22(27)25-13-4-6-17-5-2-3-7-20(17)25/h2-3,5,7-9,11-12,18-19H,4,6,10,13-15H2,1H3. The van der Waals surface area contributed by atoms with Gasteiger partial charge >= 0.3 is 0 Å². The lowest BCUT2D eigenvalue weighted by atomic mass is 10.0. The maximum atomic E-state index is 13.0. The van der Waals surface area contributed by atoms with Gasteiger partial charge in [-0.1, -0.05) is 18.2 Å². The van der Waals surface area contributed by atoms with Gasteiger partial charge in [0.15, 0.2) is 0 Å². The zero-order valence-corrected chi connectivity index (χ0v) is 15.7. The second kappa shape index (κ2) is 7.51. The minimum absolute atomic E-state index is 0.0905. The van der Waals surface area contributed by atoms with Crippen molar-refractivity contribution >= 4 is 17.5 Å². The molecule has 0 bridgehead atoms. The monoisotopic (exact) mass is 363 g/mol. The van der Waals surface area contributed by atoms with Gasteiger partial charge in [-0.25, -0.2) is 0 Å². The lowest BCUT2D eigenvalue weighted by Gasteiger charge is -2.29. The smallest absolute Gasteiger partial charge is 0.230 e. The van der Waals surface area contributed by atoms with Crippen molar-refractivity contribution in [3.05, 3.63) is 59.9 Å². The normalized spacial score (nSPS) is 20.7. The van der Waals surface area contributed by atoms with Gasteiger partial charge in [0.1, 0.15) is 0 Å². The first-order valence-electron chi connectivity index (χ1n) is 9.68. The molecule has 5 heteroatoms. The number of carbonyl (C=O) groups excluding carboxylic acids is 2. The summed E-state index contributed by atoms with van der Waals surface area (Å²) in [7, 11) is 1.83.